The van der Waals surface area contributed by atoms with Crippen LogP contribution in [-0.4, -0.2) is 28.9 Å². The van der Waals surface area contributed by atoms with E-state index in [1.54, 1.807) is 0 Å². The minimum Gasteiger partial charge on any atom is -0.368 e. The summed E-state index contributed by atoms with van der Waals surface area (Å²) in [5.41, 5.74) is 4.77. The first kappa shape index (κ1) is 12.0. The lowest BCUT2D eigenvalue weighted by Gasteiger charge is -2.40. The summed E-state index contributed by atoms with van der Waals surface area (Å²) in [5, 5.41) is 0. The van der Waals surface area contributed by atoms with Gasteiger partial charge in [0.15, 0.2) is 0 Å². The fourth-order valence-electron chi connectivity index (χ4n) is 2.69. The molecule has 0 N–H and O–H groups in total. The minimum absolute atomic E-state index is 0.573. The van der Waals surface area contributed by atoms with Gasteiger partial charge in [-0.2, -0.15) is 0 Å². The van der Waals surface area contributed by atoms with Gasteiger partial charge in [0, 0.05) is 18.8 Å². The van der Waals surface area contributed by atoms with Gasteiger partial charge in [0.05, 0.1) is 17.4 Å². The molecule has 2 aliphatic heterocycles. The summed E-state index contributed by atoms with van der Waals surface area (Å²) in [7, 11) is 0. The summed E-state index contributed by atoms with van der Waals surface area (Å²) >= 11 is 0. The van der Waals surface area contributed by atoms with Gasteiger partial charge in [-0.3, -0.25) is 0 Å². The standard InChI is InChI=1S/C15H22N2/c1-11(2)6-7-15-13(5)17(12(3)4)14-8-9-16(15)10-14/h6-7,14H,3,5,8-10H2,1-2,4H3/b15-7+. The molecule has 0 amide bonds. The Hall–Kier alpha value is -1.44. The van der Waals surface area contributed by atoms with Gasteiger partial charge in [-0.1, -0.05) is 24.8 Å². The predicted octanol–water partition coefficient (Wildman–Crippen LogP) is 3.27. The molecule has 0 aromatic heterocycles. The quantitative estimate of drug-likeness (QED) is 0.718. The van der Waals surface area contributed by atoms with Crippen molar-refractivity contribution in [2.45, 2.75) is 33.2 Å². The highest BCUT2D eigenvalue weighted by atomic mass is 15.3. The number of hydrogen-bond donors (Lipinski definition) is 0. The van der Waals surface area contributed by atoms with Crippen LogP contribution in [-0.2, 0) is 0 Å². The lowest BCUT2D eigenvalue weighted by Crippen LogP contribution is -2.42. The molecule has 2 saturated heterocycles. The number of rotatable bonds is 2. The normalized spacial score (nSPS) is 25.5. The van der Waals surface area contributed by atoms with Crippen molar-refractivity contribution in [3.63, 3.8) is 0 Å². The van der Waals surface area contributed by atoms with E-state index in [-0.39, 0.29) is 0 Å². The van der Waals surface area contributed by atoms with Gasteiger partial charge in [0.1, 0.15) is 0 Å². The largest absolute Gasteiger partial charge is 0.368 e. The summed E-state index contributed by atoms with van der Waals surface area (Å²) < 4.78 is 0. The highest BCUT2D eigenvalue weighted by Crippen LogP contribution is 2.35. The van der Waals surface area contributed by atoms with E-state index >= 15 is 0 Å². The topological polar surface area (TPSA) is 6.48 Å². The molecule has 92 valence electrons. The van der Waals surface area contributed by atoms with Crippen molar-refractivity contribution in [1.29, 1.82) is 0 Å². The van der Waals surface area contributed by atoms with E-state index in [9.17, 15) is 0 Å². The maximum atomic E-state index is 4.24. The molecule has 17 heavy (non-hydrogen) atoms. The van der Waals surface area contributed by atoms with Crippen LogP contribution in [0.5, 0.6) is 0 Å². The summed E-state index contributed by atoms with van der Waals surface area (Å²) in [4.78, 5) is 4.74. The Bertz CT molecular complexity index is 411. The van der Waals surface area contributed by atoms with Crippen LogP contribution in [0.25, 0.3) is 0 Å². The zero-order valence-electron chi connectivity index (χ0n) is 11.2. The molecule has 0 aliphatic carbocycles. The predicted molar refractivity (Wildman–Crippen MR) is 73.3 cm³/mol. The molecule has 1 unspecified atom stereocenters. The molecule has 0 spiro atoms. The molecule has 2 heteroatoms. The third kappa shape index (κ3) is 2.17. The summed E-state index contributed by atoms with van der Waals surface area (Å²) in [6, 6.07) is 0.573. The van der Waals surface area contributed by atoms with Gasteiger partial charge in [-0.25, -0.2) is 0 Å². The van der Waals surface area contributed by atoms with Crippen molar-refractivity contribution in [3.8, 4) is 0 Å². The van der Waals surface area contributed by atoms with Crippen molar-refractivity contribution < 1.29 is 0 Å². The van der Waals surface area contributed by atoms with E-state index in [4.69, 9.17) is 0 Å². The Morgan fingerprint density at radius 3 is 2.65 bits per heavy atom. The number of allylic oxidation sites excluding steroid dienone is 4. The van der Waals surface area contributed by atoms with E-state index < -0.39 is 0 Å². The van der Waals surface area contributed by atoms with Crippen molar-refractivity contribution >= 4 is 0 Å². The maximum absolute atomic E-state index is 4.24. The van der Waals surface area contributed by atoms with Crippen LogP contribution in [0, 0.1) is 0 Å². The van der Waals surface area contributed by atoms with Crippen molar-refractivity contribution in [2.75, 3.05) is 13.1 Å². The van der Waals surface area contributed by atoms with E-state index in [1.165, 1.54) is 17.7 Å². The molecule has 2 aliphatic rings. The van der Waals surface area contributed by atoms with Crippen LogP contribution in [0.1, 0.15) is 27.2 Å². The average molecular weight is 230 g/mol. The third-order valence-electron chi connectivity index (χ3n) is 3.44. The molecular weight excluding hydrogens is 208 g/mol. The molecule has 2 nitrogen and oxygen atoms in total. The number of piperazine rings is 1. The second kappa shape index (κ2) is 4.44. The minimum atomic E-state index is 0.573. The van der Waals surface area contributed by atoms with E-state index in [0.717, 1.165) is 24.5 Å². The zero-order chi connectivity index (χ0) is 12.6. The molecule has 1 atom stereocenters. The van der Waals surface area contributed by atoms with Crippen LogP contribution >= 0.6 is 0 Å². The Kier molecular flexibility index (Phi) is 3.14. The molecule has 0 radical (unpaired) electrons. The van der Waals surface area contributed by atoms with Gasteiger partial charge < -0.3 is 9.80 Å². The molecule has 2 bridgehead atoms. The van der Waals surface area contributed by atoms with Gasteiger partial charge in [0.25, 0.3) is 0 Å². The molecule has 2 heterocycles. The second-order valence-corrected chi connectivity index (χ2v) is 5.24. The van der Waals surface area contributed by atoms with E-state index in [0.29, 0.717) is 6.04 Å². The SMILES string of the molecule is C=C(C)N1C(=C)/C(=C\C=C(C)C)N2CCC1C2. The van der Waals surface area contributed by atoms with Gasteiger partial charge >= 0.3 is 0 Å². The maximum Gasteiger partial charge on any atom is 0.0602 e. The summed E-state index contributed by atoms with van der Waals surface area (Å²) in [5.74, 6) is 0. The van der Waals surface area contributed by atoms with Gasteiger partial charge in [-0.05, 0) is 33.3 Å². The van der Waals surface area contributed by atoms with Crippen LogP contribution < -0.4 is 0 Å². The van der Waals surface area contributed by atoms with Crippen LogP contribution in [0.3, 0.4) is 0 Å². The number of fused-ring (bicyclic) bond motifs is 2. The fourth-order valence-corrected chi connectivity index (χ4v) is 2.69. The number of hydrogen-bond acceptors (Lipinski definition) is 2. The first-order valence-electron chi connectivity index (χ1n) is 6.25. The Balaban J connectivity index is 2.33. The first-order valence-corrected chi connectivity index (χ1v) is 6.25. The summed E-state index contributed by atoms with van der Waals surface area (Å²) in [6.07, 6.45) is 5.56. The zero-order valence-corrected chi connectivity index (χ0v) is 11.2. The van der Waals surface area contributed by atoms with E-state index in [1.807, 2.05) is 0 Å². The van der Waals surface area contributed by atoms with E-state index in [2.05, 4.69) is 55.9 Å². The molecule has 0 aromatic carbocycles. The molecule has 0 aromatic rings. The van der Waals surface area contributed by atoms with Crippen molar-refractivity contribution in [3.05, 3.63) is 48.0 Å². The van der Waals surface area contributed by atoms with Crippen molar-refractivity contribution in [2.24, 2.45) is 0 Å². The molecule has 2 rings (SSSR count). The van der Waals surface area contributed by atoms with Gasteiger partial charge in [-0.15, -0.1) is 0 Å². The van der Waals surface area contributed by atoms with Crippen molar-refractivity contribution in [1.82, 2.24) is 9.80 Å². The van der Waals surface area contributed by atoms with Crippen LogP contribution in [0.4, 0.5) is 0 Å². The third-order valence-corrected chi connectivity index (χ3v) is 3.44. The monoisotopic (exact) mass is 230 g/mol. The highest BCUT2D eigenvalue weighted by molar-refractivity contribution is 5.37. The lowest BCUT2D eigenvalue weighted by molar-refractivity contribution is 0.262. The van der Waals surface area contributed by atoms with Crippen LogP contribution in [0.15, 0.2) is 48.0 Å². The van der Waals surface area contributed by atoms with Gasteiger partial charge in [0.2, 0.25) is 0 Å². The lowest BCUT2D eigenvalue weighted by atomic mass is 10.1. The molecule has 2 fully saturated rings. The molecule has 0 saturated carbocycles. The number of nitrogens with zero attached hydrogens (tertiary/aromatic N) is 2. The smallest absolute Gasteiger partial charge is 0.0602 e. The first-order chi connectivity index (χ1) is 8.00. The van der Waals surface area contributed by atoms with Crippen LogP contribution in [0.2, 0.25) is 0 Å². The Morgan fingerprint density at radius 1 is 1.35 bits per heavy atom. The highest BCUT2D eigenvalue weighted by Gasteiger charge is 2.37. The second-order valence-electron chi connectivity index (χ2n) is 5.24. The Morgan fingerprint density at radius 2 is 2.06 bits per heavy atom. The molecular formula is C15H22N2. The fraction of sp³-hybridized carbons (Fsp3) is 0.467. The Labute approximate surface area is 105 Å². The average Bonchev–Trinajstić information content (AvgIpc) is 2.62. The summed E-state index contributed by atoms with van der Waals surface area (Å²) in [6.45, 7) is 16.9.